The third kappa shape index (κ3) is 5.57. The number of aromatic nitrogens is 5. The quantitative estimate of drug-likeness (QED) is 0.164. The van der Waals surface area contributed by atoms with Crippen LogP contribution in [0.1, 0.15) is 0 Å². The Morgan fingerprint density at radius 3 is 1.19 bits per heavy atom. The van der Waals surface area contributed by atoms with Crippen molar-refractivity contribution in [1.29, 1.82) is 0 Å². The van der Waals surface area contributed by atoms with Gasteiger partial charge < -0.3 is 18.3 Å². The molecule has 70 heavy (non-hydrogen) atoms. The zero-order valence-corrected chi connectivity index (χ0v) is 37.9. The number of rotatable bonds is 6. The Kier molecular flexibility index (Phi) is 8.29. The molecule has 5 aromatic heterocycles. The third-order valence-electron chi connectivity index (χ3n) is 14.5. The van der Waals surface area contributed by atoms with Gasteiger partial charge in [0.05, 0.1) is 55.5 Å². The summed E-state index contributed by atoms with van der Waals surface area (Å²) in [5.74, 6) is 0. The zero-order chi connectivity index (χ0) is 45.9. The first kappa shape index (κ1) is 38.6. The van der Waals surface area contributed by atoms with E-state index in [2.05, 4.69) is 261 Å². The maximum atomic E-state index is 5.15. The van der Waals surface area contributed by atoms with E-state index in [4.69, 9.17) is 4.98 Å². The smallest absolute Gasteiger partial charge is 0.0710 e. The second-order valence-corrected chi connectivity index (χ2v) is 18.3. The molecule has 0 aliphatic carbocycles. The van der Waals surface area contributed by atoms with Crippen molar-refractivity contribution in [2.24, 2.45) is 0 Å². The van der Waals surface area contributed by atoms with Gasteiger partial charge in [-0.05, 0) is 91.0 Å². The van der Waals surface area contributed by atoms with Crippen LogP contribution in [0, 0.1) is 0 Å². The van der Waals surface area contributed by atoms with Crippen molar-refractivity contribution >= 4 is 87.2 Å². The van der Waals surface area contributed by atoms with Crippen LogP contribution in [-0.4, -0.2) is 23.3 Å². The first-order chi connectivity index (χ1) is 34.8. The van der Waals surface area contributed by atoms with Gasteiger partial charge in [0.15, 0.2) is 0 Å². The molecule has 0 N–H and O–H groups in total. The summed E-state index contributed by atoms with van der Waals surface area (Å²) in [4.78, 5) is 5.15. The zero-order valence-electron chi connectivity index (χ0n) is 37.9. The molecule has 10 aromatic carbocycles. The van der Waals surface area contributed by atoms with Crippen LogP contribution >= 0.6 is 0 Å². The Labute approximate surface area is 402 Å². The number of para-hydroxylation sites is 5. The molecular formula is C65H41N5. The van der Waals surface area contributed by atoms with Gasteiger partial charge >= 0.3 is 0 Å². The molecule has 0 spiro atoms. The van der Waals surface area contributed by atoms with Crippen LogP contribution in [0.4, 0.5) is 0 Å². The van der Waals surface area contributed by atoms with Crippen LogP contribution in [0.2, 0.25) is 0 Å². The Morgan fingerprint density at radius 2 is 0.614 bits per heavy atom. The van der Waals surface area contributed by atoms with Gasteiger partial charge in [-0.15, -0.1) is 0 Å². The number of hydrogen-bond acceptors (Lipinski definition) is 1. The molecule has 326 valence electrons. The van der Waals surface area contributed by atoms with Gasteiger partial charge in [0, 0.05) is 77.0 Å². The van der Waals surface area contributed by atoms with Gasteiger partial charge in [0.2, 0.25) is 0 Å². The fraction of sp³-hybridized carbons (Fsp3) is 0. The van der Waals surface area contributed by atoms with E-state index in [1.165, 1.54) is 76.2 Å². The van der Waals surface area contributed by atoms with Crippen LogP contribution in [0.3, 0.4) is 0 Å². The standard InChI is InChI=1S/C65H41N5/c1-3-18-42(19-4-1)54-30-17-31-55(66-54)43-20-15-23-45(40-43)67-58-34-13-9-28-52(58)63-60(67)38-37-51-49-27-8-12-33-57(49)70(65(51)63)47-25-16-24-46(41-47)68-59-35-14-10-29-53(59)62-61(68)39-36-50-48-26-7-11-32-56(48)69(64(50)62)44-21-5-2-6-22-44/h1-41H. The van der Waals surface area contributed by atoms with Crippen LogP contribution in [0.15, 0.2) is 249 Å². The molecule has 0 aliphatic rings. The lowest BCUT2D eigenvalue weighted by molar-refractivity contribution is 1.14. The van der Waals surface area contributed by atoms with Crippen molar-refractivity contribution in [1.82, 2.24) is 23.3 Å². The van der Waals surface area contributed by atoms with Crippen molar-refractivity contribution in [2.75, 3.05) is 0 Å². The molecule has 0 aliphatic heterocycles. The molecule has 0 atom stereocenters. The summed E-state index contributed by atoms with van der Waals surface area (Å²) in [6.07, 6.45) is 0. The molecule has 0 fully saturated rings. The summed E-state index contributed by atoms with van der Waals surface area (Å²) in [5.41, 5.74) is 17.9. The fourth-order valence-electron chi connectivity index (χ4n) is 11.6. The van der Waals surface area contributed by atoms with Gasteiger partial charge in [-0.3, -0.25) is 0 Å². The average Bonchev–Trinajstić information content (AvgIpc) is 4.17. The normalized spacial score (nSPS) is 12.0. The molecule has 0 saturated heterocycles. The predicted molar refractivity (Wildman–Crippen MR) is 292 cm³/mol. The number of nitrogens with zero attached hydrogens (tertiary/aromatic N) is 5. The molecule has 5 heterocycles. The maximum absolute atomic E-state index is 5.15. The van der Waals surface area contributed by atoms with E-state index < -0.39 is 0 Å². The van der Waals surface area contributed by atoms with Crippen molar-refractivity contribution in [3.05, 3.63) is 249 Å². The monoisotopic (exact) mass is 891 g/mol. The van der Waals surface area contributed by atoms with E-state index in [-0.39, 0.29) is 0 Å². The largest absolute Gasteiger partial charge is 0.309 e. The van der Waals surface area contributed by atoms with E-state index in [1.54, 1.807) is 0 Å². The summed E-state index contributed by atoms with van der Waals surface area (Å²) in [6.45, 7) is 0. The summed E-state index contributed by atoms with van der Waals surface area (Å²) in [6, 6.07) is 90.2. The highest BCUT2D eigenvalue weighted by atomic mass is 15.0. The second kappa shape index (κ2) is 15.0. The Morgan fingerprint density at radius 1 is 0.229 bits per heavy atom. The lowest BCUT2D eigenvalue weighted by atomic mass is 10.1. The van der Waals surface area contributed by atoms with Crippen LogP contribution in [-0.2, 0) is 0 Å². The molecule has 0 amide bonds. The predicted octanol–water partition coefficient (Wildman–Crippen LogP) is 16.8. The first-order valence-corrected chi connectivity index (χ1v) is 24.0. The second-order valence-electron chi connectivity index (χ2n) is 18.3. The lowest BCUT2D eigenvalue weighted by Gasteiger charge is -2.14. The SMILES string of the molecule is c1ccc(-c2cccc(-c3cccc(-n4c5ccccc5c5c4ccc4c6ccccc6n(-c6cccc(-n7c8ccccc8c8c7ccc7c9ccccc9n(-c9ccccc9)c78)c6)c45)c3)n2)cc1. The average molecular weight is 892 g/mol. The number of fused-ring (bicyclic) bond motifs is 14. The highest BCUT2D eigenvalue weighted by Crippen LogP contribution is 2.45. The molecule has 5 nitrogen and oxygen atoms in total. The summed E-state index contributed by atoms with van der Waals surface area (Å²) >= 11 is 0. The maximum Gasteiger partial charge on any atom is 0.0710 e. The van der Waals surface area contributed by atoms with E-state index in [0.29, 0.717) is 0 Å². The lowest BCUT2D eigenvalue weighted by Crippen LogP contribution is -1.99. The first-order valence-electron chi connectivity index (χ1n) is 24.0. The Bertz CT molecular complexity index is 4590. The Hall–Kier alpha value is -9.45. The molecular weight excluding hydrogens is 851 g/mol. The molecule has 0 bridgehead atoms. The summed E-state index contributed by atoms with van der Waals surface area (Å²) in [5, 5.41) is 9.84. The minimum Gasteiger partial charge on any atom is -0.309 e. The van der Waals surface area contributed by atoms with E-state index in [9.17, 15) is 0 Å². The molecule has 0 unspecified atom stereocenters. The van der Waals surface area contributed by atoms with Crippen molar-refractivity contribution in [3.8, 4) is 45.3 Å². The van der Waals surface area contributed by atoms with E-state index >= 15 is 0 Å². The van der Waals surface area contributed by atoms with Crippen molar-refractivity contribution in [3.63, 3.8) is 0 Å². The van der Waals surface area contributed by atoms with Crippen molar-refractivity contribution < 1.29 is 0 Å². The third-order valence-corrected chi connectivity index (χ3v) is 14.5. The van der Waals surface area contributed by atoms with Gasteiger partial charge in [0.1, 0.15) is 0 Å². The molecule has 0 saturated carbocycles. The fourth-order valence-corrected chi connectivity index (χ4v) is 11.6. The van der Waals surface area contributed by atoms with Gasteiger partial charge in [-0.25, -0.2) is 4.98 Å². The topological polar surface area (TPSA) is 32.6 Å². The molecule has 0 radical (unpaired) electrons. The summed E-state index contributed by atoms with van der Waals surface area (Å²) < 4.78 is 9.85. The van der Waals surface area contributed by atoms with Gasteiger partial charge in [-0.1, -0.05) is 158 Å². The van der Waals surface area contributed by atoms with Gasteiger partial charge in [0.25, 0.3) is 0 Å². The minimum absolute atomic E-state index is 0.942. The highest BCUT2D eigenvalue weighted by Gasteiger charge is 2.24. The number of benzene rings is 10. The van der Waals surface area contributed by atoms with Gasteiger partial charge in [-0.2, -0.15) is 0 Å². The minimum atomic E-state index is 0.942. The van der Waals surface area contributed by atoms with E-state index in [1.807, 2.05) is 6.07 Å². The highest BCUT2D eigenvalue weighted by molar-refractivity contribution is 6.27. The molecule has 5 heteroatoms. The van der Waals surface area contributed by atoms with Crippen LogP contribution < -0.4 is 0 Å². The molecule has 15 aromatic rings. The van der Waals surface area contributed by atoms with Crippen LogP contribution in [0.5, 0.6) is 0 Å². The van der Waals surface area contributed by atoms with Crippen LogP contribution in [0.25, 0.3) is 132 Å². The number of pyridine rings is 1. The van der Waals surface area contributed by atoms with Crippen molar-refractivity contribution in [2.45, 2.75) is 0 Å². The number of hydrogen-bond donors (Lipinski definition) is 0. The van der Waals surface area contributed by atoms with E-state index in [0.717, 1.165) is 56.3 Å². The Balaban J connectivity index is 0.964. The summed E-state index contributed by atoms with van der Waals surface area (Å²) in [7, 11) is 0. The molecule has 15 rings (SSSR count).